The van der Waals surface area contributed by atoms with Crippen LogP contribution in [0.3, 0.4) is 0 Å². The Hall–Kier alpha value is -1.17. The zero-order valence-electron chi connectivity index (χ0n) is 11.2. The average Bonchev–Trinajstić information content (AvgIpc) is 2.82. The van der Waals surface area contributed by atoms with Crippen LogP contribution in [0.5, 0.6) is 0 Å². The Morgan fingerprint density at radius 1 is 1.28 bits per heavy atom. The highest BCUT2D eigenvalue weighted by Crippen LogP contribution is 2.21. The van der Waals surface area contributed by atoms with Crippen molar-refractivity contribution in [3.05, 3.63) is 23.9 Å². The highest BCUT2D eigenvalue weighted by Gasteiger charge is 2.33. The first-order chi connectivity index (χ1) is 8.78. The topological polar surface area (TPSA) is 46.6 Å². The van der Waals surface area contributed by atoms with Gasteiger partial charge in [-0.1, -0.05) is 6.07 Å². The molecule has 0 amide bonds. The third kappa shape index (κ3) is 2.80. The lowest BCUT2D eigenvalue weighted by Crippen LogP contribution is -2.27. The summed E-state index contributed by atoms with van der Waals surface area (Å²) < 4.78 is 10.9. The molecular formula is C13H21N3O2. The highest BCUT2D eigenvalue weighted by molar-refractivity contribution is 5.41. The number of ether oxygens (including phenoxy) is 2. The fraction of sp³-hybridized carbons (Fsp3) is 0.615. The Balaban J connectivity index is 2.10. The van der Waals surface area contributed by atoms with Crippen LogP contribution in [-0.2, 0) is 16.0 Å². The zero-order chi connectivity index (χ0) is 13.0. The van der Waals surface area contributed by atoms with Gasteiger partial charge in [0.25, 0.3) is 0 Å². The van der Waals surface area contributed by atoms with E-state index in [1.54, 1.807) is 14.2 Å². The monoisotopic (exact) mass is 251 g/mol. The van der Waals surface area contributed by atoms with Crippen molar-refractivity contribution in [3.8, 4) is 0 Å². The summed E-state index contributed by atoms with van der Waals surface area (Å²) in [5.41, 5.74) is 1.05. The molecule has 0 saturated carbocycles. The van der Waals surface area contributed by atoms with E-state index in [0.717, 1.165) is 31.1 Å². The summed E-state index contributed by atoms with van der Waals surface area (Å²) in [6, 6.07) is 6.10. The van der Waals surface area contributed by atoms with Gasteiger partial charge in [0.2, 0.25) is 0 Å². The molecule has 1 aromatic rings. The fourth-order valence-corrected chi connectivity index (χ4v) is 2.31. The molecule has 100 valence electrons. The first-order valence-electron chi connectivity index (χ1n) is 6.19. The molecule has 5 nitrogen and oxygen atoms in total. The molecule has 1 aliphatic heterocycles. The van der Waals surface area contributed by atoms with Crippen molar-refractivity contribution in [1.29, 1.82) is 0 Å². The second-order valence-corrected chi connectivity index (χ2v) is 4.47. The lowest BCUT2D eigenvalue weighted by Gasteiger charge is -2.17. The number of pyridine rings is 1. The van der Waals surface area contributed by atoms with Gasteiger partial charge in [0.15, 0.2) is 0 Å². The second kappa shape index (κ2) is 6.13. The summed E-state index contributed by atoms with van der Waals surface area (Å²) in [5, 5.41) is 3.11. The summed E-state index contributed by atoms with van der Waals surface area (Å²) in [4.78, 5) is 6.84. The normalized spacial score (nSPS) is 23.6. The molecule has 2 rings (SSSR count). The number of nitrogens with zero attached hydrogens (tertiary/aromatic N) is 2. The van der Waals surface area contributed by atoms with Crippen LogP contribution in [-0.4, -0.2) is 51.5 Å². The largest absolute Gasteiger partial charge is 0.377 e. The van der Waals surface area contributed by atoms with Gasteiger partial charge in [-0.15, -0.1) is 0 Å². The third-order valence-electron chi connectivity index (χ3n) is 3.29. The van der Waals surface area contributed by atoms with Gasteiger partial charge >= 0.3 is 0 Å². The summed E-state index contributed by atoms with van der Waals surface area (Å²) in [5.74, 6) is 0.990. The molecule has 2 unspecified atom stereocenters. The van der Waals surface area contributed by atoms with E-state index in [4.69, 9.17) is 9.47 Å². The van der Waals surface area contributed by atoms with Crippen molar-refractivity contribution in [2.45, 2.75) is 18.8 Å². The second-order valence-electron chi connectivity index (χ2n) is 4.47. The minimum absolute atomic E-state index is 0.116. The third-order valence-corrected chi connectivity index (χ3v) is 3.29. The van der Waals surface area contributed by atoms with E-state index >= 15 is 0 Å². The van der Waals surface area contributed by atoms with Crippen LogP contribution in [0.4, 0.5) is 5.82 Å². The lowest BCUT2D eigenvalue weighted by molar-refractivity contribution is -0.00461. The van der Waals surface area contributed by atoms with E-state index in [1.807, 2.05) is 25.2 Å². The van der Waals surface area contributed by atoms with E-state index in [9.17, 15) is 0 Å². The number of methoxy groups -OCH3 is 2. The van der Waals surface area contributed by atoms with Gasteiger partial charge in [-0.2, -0.15) is 0 Å². The van der Waals surface area contributed by atoms with Crippen LogP contribution in [0, 0.1) is 0 Å². The van der Waals surface area contributed by atoms with Crippen LogP contribution in [0.15, 0.2) is 18.2 Å². The van der Waals surface area contributed by atoms with E-state index in [2.05, 4.69) is 15.2 Å². The Bertz CT molecular complexity index is 374. The predicted molar refractivity (Wildman–Crippen MR) is 70.8 cm³/mol. The molecule has 0 radical (unpaired) electrons. The number of rotatable bonds is 5. The van der Waals surface area contributed by atoms with Gasteiger partial charge in [-0.3, -0.25) is 0 Å². The minimum Gasteiger partial charge on any atom is -0.377 e. The molecule has 1 fully saturated rings. The Kier molecular flexibility index (Phi) is 4.52. The van der Waals surface area contributed by atoms with Crippen LogP contribution in [0.25, 0.3) is 0 Å². The van der Waals surface area contributed by atoms with Crippen LogP contribution < -0.4 is 10.2 Å². The van der Waals surface area contributed by atoms with E-state index in [0.29, 0.717) is 0 Å². The summed E-state index contributed by atoms with van der Waals surface area (Å²) in [6.07, 6.45) is 0.231. The highest BCUT2D eigenvalue weighted by atomic mass is 16.5. The van der Waals surface area contributed by atoms with Crippen molar-refractivity contribution in [2.75, 3.05) is 39.3 Å². The molecule has 0 aromatic carbocycles. The van der Waals surface area contributed by atoms with E-state index in [1.165, 1.54) is 0 Å². The summed E-state index contributed by atoms with van der Waals surface area (Å²) in [7, 11) is 5.38. The van der Waals surface area contributed by atoms with Crippen LogP contribution in [0.2, 0.25) is 0 Å². The Morgan fingerprint density at radius 3 is 2.50 bits per heavy atom. The molecule has 2 heterocycles. The molecular weight excluding hydrogens is 230 g/mol. The number of hydrogen-bond donors (Lipinski definition) is 1. The molecule has 0 aliphatic carbocycles. The van der Waals surface area contributed by atoms with Crippen molar-refractivity contribution < 1.29 is 9.47 Å². The van der Waals surface area contributed by atoms with E-state index in [-0.39, 0.29) is 12.2 Å². The van der Waals surface area contributed by atoms with Gasteiger partial charge in [0.1, 0.15) is 18.0 Å². The predicted octanol–water partition coefficient (Wildman–Crippen LogP) is 0.651. The number of nitrogens with one attached hydrogen (secondary N) is 1. The van der Waals surface area contributed by atoms with Crippen molar-refractivity contribution in [1.82, 2.24) is 10.3 Å². The number of aromatic nitrogens is 1. The Morgan fingerprint density at radius 2 is 1.94 bits per heavy atom. The number of anilines is 1. The molecule has 1 N–H and O–H groups in total. The lowest BCUT2D eigenvalue weighted by atomic mass is 10.3. The molecule has 2 atom stereocenters. The molecule has 1 saturated heterocycles. The fourth-order valence-electron chi connectivity index (χ4n) is 2.31. The van der Waals surface area contributed by atoms with Crippen molar-refractivity contribution >= 4 is 5.82 Å². The van der Waals surface area contributed by atoms with Crippen LogP contribution in [0.1, 0.15) is 5.69 Å². The maximum atomic E-state index is 5.44. The van der Waals surface area contributed by atoms with Gasteiger partial charge in [-0.25, -0.2) is 4.98 Å². The zero-order valence-corrected chi connectivity index (χ0v) is 11.2. The first kappa shape index (κ1) is 13.3. The van der Waals surface area contributed by atoms with Gasteiger partial charge < -0.3 is 19.7 Å². The quantitative estimate of drug-likeness (QED) is 0.832. The molecule has 1 aromatic heterocycles. The molecule has 0 spiro atoms. The molecule has 1 aliphatic rings. The van der Waals surface area contributed by atoms with Crippen LogP contribution >= 0.6 is 0 Å². The summed E-state index contributed by atoms with van der Waals surface area (Å²) >= 11 is 0. The standard InChI is InChI=1S/C13H21N3O2/c1-14-7-10-5-4-6-13(15-10)16-8-11(17-2)12(9-16)18-3/h4-6,11-12,14H,7-9H2,1-3H3. The summed E-state index contributed by atoms with van der Waals surface area (Å²) in [6.45, 7) is 2.43. The van der Waals surface area contributed by atoms with Gasteiger partial charge in [0.05, 0.1) is 5.69 Å². The maximum absolute atomic E-state index is 5.44. The van der Waals surface area contributed by atoms with Gasteiger partial charge in [-0.05, 0) is 19.2 Å². The molecule has 18 heavy (non-hydrogen) atoms. The average molecular weight is 251 g/mol. The van der Waals surface area contributed by atoms with Crippen molar-refractivity contribution in [2.24, 2.45) is 0 Å². The van der Waals surface area contributed by atoms with E-state index < -0.39 is 0 Å². The number of hydrogen-bond acceptors (Lipinski definition) is 5. The first-order valence-corrected chi connectivity index (χ1v) is 6.19. The SMILES string of the molecule is CNCc1cccc(N2CC(OC)C(OC)C2)n1. The van der Waals surface area contributed by atoms with Crippen molar-refractivity contribution in [3.63, 3.8) is 0 Å². The molecule has 5 heteroatoms. The smallest absolute Gasteiger partial charge is 0.129 e. The molecule has 0 bridgehead atoms. The maximum Gasteiger partial charge on any atom is 0.129 e. The Labute approximate surface area is 108 Å². The van der Waals surface area contributed by atoms with Gasteiger partial charge in [0, 0.05) is 33.9 Å². The minimum atomic E-state index is 0.116.